The number of aryl methyl sites for hydroxylation is 1. The first kappa shape index (κ1) is 15.7. The van der Waals surface area contributed by atoms with E-state index in [1.54, 1.807) is 19.1 Å². The van der Waals surface area contributed by atoms with E-state index in [0.717, 1.165) is 0 Å². The second kappa shape index (κ2) is 6.84. The lowest BCUT2D eigenvalue weighted by Crippen LogP contribution is -2.32. The van der Waals surface area contributed by atoms with E-state index < -0.39 is 5.82 Å². The third kappa shape index (κ3) is 4.15. The Labute approximate surface area is 126 Å². The summed E-state index contributed by atoms with van der Waals surface area (Å²) in [5, 5.41) is 6.33. The molecule has 6 nitrogen and oxygen atoms in total. The predicted molar refractivity (Wildman–Crippen MR) is 78.9 cm³/mol. The van der Waals surface area contributed by atoms with Gasteiger partial charge in [-0.2, -0.15) is 0 Å². The highest BCUT2D eigenvalue weighted by atomic mass is 19.1. The van der Waals surface area contributed by atoms with E-state index >= 15 is 0 Å². The first-order valence-electron chi connectivity index (χ1n) is 6.72. The van der Waals surface area contributed by atoms with Crippen molar-refractivity contribution >= 4 is 23.3 Å². The van der Waals surface area contributed by atoms with Gasteiger partial charge in [0.2, 0.25) is 11.8 Å². The molecule has 0 saturated carbocycles. The van der Waals surface area contributed by atoms with Crippen molar-refractivity contribution in [3.05, 3.63) is 41.9 Å². The highest BCUT2D eigenvalue weighted by Crippen LogP contribution is 2.15. The van der Waals surface area contributed by atoms with Crippen LogP contribution in [0.5, 0.6) is 0 Å². The normalized spacial score (nSPS) is 10.3. The van der Waals surface area contributed by atoms with Crippen molar-refractivity contribution in [2.24, 2.45) is 0 Å². The number of nitrogens with one attached hydrogen (secondary N) is 1. The standard InChI is InChI=1S/C15H16FN3O3/c1-10-8-14(18-22-10)19(11(2)20)7-6-15(21)17-13-5-3-4-12(16)9-13/h3-5,8-9H,6-7H2,1-2H3,(H,17,21). The highest BCUT2D eigenvalue weighted by Gasteiger charge is 2.17. The van der Waals surface area contributed by atoms with Gasteiger partial charge in [-0.05, 0) is 25.1 Å². The summed E-state index contributed by atoms with van der Waals surface area (Å²) in [6, 6.07) is 7.23. The number of halogens is 1. The molecule has 0 unspecified atom stereocenters. The molecule has 0 aliphatic carbocycles. The van der Waals surface area contributed by atoms with Crippen LogP contribution in [0.1, 0.15) is 19.1 Å². The topological polar surface area (TPSA) is 75.4 Å². The number of benzene rings is 1. The summed E-state index contributed by atoms with van der Waals surface area (Å²) < 4.78 is 18.0. The van der Waals surface area contributed by atoms with E-state index in [4.69, 9.17) is 4.52 Å². The molecule has 116 valence electrons. The average molecular weight is 305 g/mol. The van der Waals surface area contributed by atoms with Crippen molar-refractivity contribution in [2.45, 2.75) is 20.3 Å². The SMILES string of the molecule is CC(=O)N(CCC(=O)Nc1cccc(F)c1)c1cc(C)on1. The summed E-state index contributed by atoms with van der Waals surface area (Å²) in [5.74, 6) is -0.0563. The zero-order valence-electron chi connectivity index (χ0n) is 12.3. The summed E-state index contributed by atoms with van der Waals surface area (Å²) in [5.41, 5.74) is 0.372. The van der Waals surface area contributed by atoms with Gasteiger partial charge in [-0.3, -0.25) is 14.5 Å². The number of nitrogens with zero attached hydrogens (tertiary/aromatic N) is 2. The van der Waals surface area contributed by atoms with Crippen LogP contribution >= 0.6 is 0 Å². The molecule has 0 aliphatic rings. The van der Waals surface area contributed by atoms with Crippen LogP contribution in [0.15, 0.2) is 34.9 Å². The summed E-state index contributed by atoms with van der Waals surface area (Å²) in [6.07, 6.45) is 0.0575. The van der Waals surface area contributed by atoms with Gasteiger partial charge in [0, 0.05) is 31.6 Å². The Morgan fingerprint density at radius 3 is 2.73 bits per heavy atom. The summed E-state index contributed by atoms with van der Waals surface area (Å²) in [4.78, 5) is 24.9. The van der Waals surface area contributed by atoms with E-state index in [1.165, 1.54) is 30.0 Å². The van der Waals surface area contributed by atoms with Crippen molar-refractivity contribution in [1.29, 1.82) is 0 Å². The molecule has 1 heterocycles. The minimum atomic E-state index is -0.429. The number of hydrogen-bond acceptors (Lipinski definition) is 4. The van der Waals surface area contributed by atoms with Crippen LogP contribution in [0.4, 0.5) is 15.9 Å². The fraction of sp³-hybridized carbons (Fsp3) is 0.267. The largest absolute Gasteiger partial charge is 0.360 e. The van der Waals surface area contributed by atoms with Gasteiger partial charge in [0.05, 0.1) is 0 Å². The van der Waals surface area contributed by atoms with Gasteiger partial charge < -0.3 is 9.84 Å². The number of carbonyl (C=O) groups excluding carboxylic acids is 2. The van der Waals surface area contributed by atoms with Crippen molar-refractivity contribution in [3.8, 4) is 0 Å². The third-order valence-corrected chi connectivity index (χ3v) is 2.94. The Morgan fingerprint density at radius 1 is 1.36 bits per heavy atom. The maximum absolute atomic E-state index is 13.0. The van der Waals surface area contributed by atoms with Gasteiger partial charge >= 0.3 is 0 Å². The Morgan fingerprint density at radius 2 is 2.14 bits per heavy atom. The van der Waals surface area contributed by atoms with Gasteiger partial charge in [-0.15, -0.1) is 0 Å². The molecule has 1 aromatic heterocycles. The number of rotatable bonds is 5. The minimum Gasteiger partial charge on any atom is -0.360 e. The quantitative estimate of drug-likeness (QED) is 0.921. The van der Waals surface area contributed by atoms with Gasteiger partial charge in [0.25, 0.3) is 0 Å². The first-order valence-corrected chi connectivity index (χ1v) is 6.72. The van der Waals surface area contributed by atoms with E-state index in [0.29, 0.717) is 17.3 Å². The van der Waals surface area contributed by atoms with Gasteiger partial charge in [0.1, 0.15) is 11.6 Å². The molecule has 0 radical (unpaired) electrons. The second-order valence-electron chi connectivity index (χ2n) is 4.77. The van der Waals surface area contributed by atoms with Crippen LogP contribution in [0.25, 0.3) is 0 Å². The number of anilines is 2. The van der Waals surface area contributed by atoms with Crippen LogP contribution in [-0.4, -0.2) is 23.5 Å². The van der Waals surface area contributed by atoms with E-state index in [2.05, 4.69) is 10.5 Å². The number of carbonyl (C=O) groups is 2. The van der Waals surface area contributed by atoms with Crippen molar-refractivity contribution in [2.75, 3.05) is 16.8 Å². The monoisotopic (exact) mass is 305 g/mol. The minimum absolute atomic E-state index is 0.0575. The molecule has 2 amide bonds. The average Bonchev–Trinajstić information content (AvgIpc) is 2.85. The summed E-state index contributed by atoms with van der Waals surface area (Å²) in [6.45, 7) is 3.25. The Balaban J connectivity index is 1.95. The lowest BCUT2D eigenvalue weighted by Gasteiger charge is -2.17. The molecule has 2 aromatic rings. The zero-order chi connectivity index (χ0) is 16.1. The summed E-state index contributed by atoms with van der Waals surface area (Å²) in [7, 11) is 0. The molecule has 0 saturated heterocycles. The molecule has 0 aliphatic heterocycles. The van der Waals surface area contributed by atoms with Crippen molar-refractivity contribution in [3.63, 3.8) is 0 Å². The van der Waals surface area contributed by atoms with Crippen LogP contribution in [0.3, 0.4) is 0 Å². The fourth-order valence-electron chi connectivity index (χ4n) is 1.92. The Hall–Kier alpha value is -2.70. The van der Waals surface area contributed by atoms with Crippen LogP contribution in [-0.2, 0) is 9.59 Å². The second-order valence-corrected chi connectivity index (χ2v) is 4.77. The van der Waals surface area contributed by atoms with Crippen LogP contribution in [0, 0.1) is 12.7 Å². The number of amides is 2. The van der Waals surface area contributed by atoms with E-state index in [9.17, 15) is 14.0 Å². The zero-order valence-corrected chi connectivity index (χ0v) is 12.3. The van der Waals surface area contributed by atoms with E-state index in [1.807, 2.05) is 0 Å². The van der Waals surface area contributed by atoms with Crippen molar-refractivity contribution < 1.29 is 18.5 Å². The molecule has 0 fully saturated rings. The first-order chi connectivity index (χ1) is 10.5. The molecular formula is C15H16FN3O3. The summed E-state index contributed by atoms with van der Waals surface area (Å²) >= 11 is 0. The smallest absolute Gasteiger partial charge is 0.226 e. The van der Waals surface area contributed by atoms with Gasteiger partial charge in [-0.1, -0.05) is 11.2 Å². The maximum Gasteiger partial charge on any atom is 0.226 e. The molecule has 2 rings (SSSR count). The number of hydrogen-bond donors (Lipinski definition) is 1. The van der Waals surface area contributed by atoms with E-state index in [-0.39, 0.29) is 24.8 Å². The van der Waals surface area contributed by atoms with Gasteiger partial charge in [-0.25, -0.2) is 4.39 Å². The lowest BCUT2D eigenvalue weighted by atomic mass is 10.3. The molecule has 0 spiro atoms. The molecule has 7 heteroatoms. The maximum atomic E-state index is 13.0. The van der Waals surface area contributed by atoms with Crippen LogP contribution in [0.2, 0.25) is 0 Å². The number of aromatic nitrogens is 1. The highest BCUT2D eigenvalue weighted by molar-refractivity contribution is 5.94. The fourth-order valence-corrected chi connectivity index (χ4v) is 1.92. The van der Waals surface area contributed by atoms with Crippen LogP contribution < -0.4 is 10.2 Å². The third-order valence-electron chi connectivity index (χ3n) is 2.94. The molecule has 1 N–H and O–H groups in total. The van der Waals surface area contributed by atoms with Gasteiger partial charge in [0.15, 0.2) is 5.82 Å². The Kier molecular flexibility index (Phi) is 4.88. The molecule has 1 aromatic carbocycles. The Bertz CT molecular complexity index is 684. The van der Waals surface area contributed by atoms with Crippen molar-refractivity contribution in [1.82, 2.24) is 5.16 Å². The molecule has 0 atom stereocenters. The molecule has 22 heavy (non-hydrogen) atoms. The predicted octanol–water partition coefficient (Wildman–Crippen LogP) is 2.50. The molecule has 0 bridgehead atoms. The molecular weight excluding hydrogens is 289 g/mol. The lowest BCUT2D eigenvalue weighted by molar-refractivity contribution is -0.117.